The van der Waals surface area contributed by atoms with Crippen LogP contribution in [0, 0.1) is 0 Å². The number of hydrogen-bond acceptors (Lipinski definition) is 4. The van der Waals surface area contributed by atoms with Gasteiger partial charge < -0.3 is 14.8 Å². The Morgan fingerprint density at radius 1 is 1.26 bits per heavy atom. The van der Waals surface area contributed by atoms with Gasteiger partial charge in [-0.1, -0.05) is 29.8 Å². The first-order valence-electron chi connectivity index (χ1n) is 7.82. The predicted octanol–water partition coefficient (Wildman–Crippen LogP) is 4.00. The van der Waals surface area contributed by atoms with Gasteiger partial charge in [0.05, 0.1) is 11.3 Å². The lowest BCUT2D eigenvalue weighted by Crippen LogP contribution is -2.38. The highest BCUT2D eigenvalue weighted by atomic mass is 35.5. The molecule has 1 amide bonds. The van der Waals surface area contributed by atoms with Crippen molar-refractivity contribution < 1.29 is 32.2 Å². The normalized spacial score (nSPS) is 16.3. The Bertz CT molecular complexity index is 885. The number of nitrogens with one attached hydrogen (secondary N) is 1. The Morgan fingerprint density at radius 2 is 2.00 bits per heavy atom. The number of carbonyl (C=O) groups is 2. The van der Waals surface area contributed by atoms with Gasteiger partial charge in [-0.2, -0.15) is 13.2 Å². The second-order valence-corrected chi connectivity index (χ2v) is 6.23. The number of anilines is 1. The third-order valence-electron chi connectivity index (χ3n) is 3.78. The minimum atomic E-state index is -4.54. The minimum Gasteiger partial charge on any atom is -0.482 e. The number of hydrogen-bond donors (Lipinski definition) is 1. The summed E-state index contributed by atoms with van der Waals surface area (Å²) in [5.74, 6) is -1.54. The molecular weight excluding hydrogens is 387 g/mol. The molecular formula is C18H13ClF3NO4. The van der Waals surface area contributed by atoms with E-state index in [0.29, 0.717) is 11.1 Å². The molecule has 0 fully saturated rings. The summed E-state index contributed by atoms with van der Waals surface area (Å²) in [4.78, 5) is 24.5. The fourth-order valence-electron chi connectivity index (χ4n) is 2.58. The summed E-state index contributed by atoms with van der Waals surface area (Å²) in [6, 6.07) is 10.5. The number of carbonyl (C=O) groups excluding carboxylic acids is 2. The van der Waals surface area contributed by atoms with Crippen LogP contribution in [0.5, 0.6) is 5.75 Å². The van der Waals surface area contributed by atoms with E-state index in [-0.39, 0.29) is 22.9 Å². The van der Waals surface area contributed by atoms with Crippen molar-refractivity contribution in [1.82, 2.24) is 0 Å². The quantitative estimate of drug-likeness (QED) is 0.789. The van der Waals surface area contributed by atoms with Crippen LogP contribution in [0.15, 0.2) is 42.5 Å². The number of esters is 1. The largest absolute Gasteiger partial charge is 0.482 e. The smallest absolute Gasteiger partial charge is 0.422 e. The Kier molecular flexibility index (Phi) is 5.27. The van der Waals surface area contributed by atoms with Crippen molar-refractivity contribution in [3.8, 4) is 5.75 Å². The molecule has 142 valence electrons. The first-order chi connectivity index (χ1) is 12.7. The lowest BCUT2D eigenvalue weighted by Gasteiger charge is -2.24. The van der Waals surface area contributed by atoms with Crippen molar-refractivity contribution in [2.75, 3.05) is 11.9 Å². The maximum Gasteiger partial charge on any atom is 0.422 e. The Hall–Kier alpha value is -2.74. The van der Waals surface area contributed by atoms with Crippen LogP contribution < -0.4 is 10.1 Å². The summed E-state index contributed by atoms with van der Waals surface area (Å²) in [6.07, 6.45) is -5.52. The topological polar surface area (TPSA) is 64.6 Å². The van der Waals surface area contributed by atoms with Crippen LogP contribution in [0.1, 0.15) is 15.9 Å². The first-order valence-corrected chi connectivity index (χ1v) is 8.19. The summed E-state index contributed by atoms with van der Waals surface area (Å²) in [6.45, 7) is -1.52. The van der Waals surface area contributed by atoms with Crippen molar-refractivity contribution in [2.24, 2.45) is 0 Å². The molecule has 0 bridgehead atoms. The second kappa shape index (κ2) is 7.48. The number of ether oxygens (including phenoxy) is 2. The molecule has 3 rings (SSSR count). The standard InChI is InChI=1S/C18H13ClF3NO4/c19-11-5-6-14(26-9-18(20,21)22)13(8-11)23-16(24)15-7-10-3-1-2-4-12(10)17(25)27-15/h1-6,8,15H,7,9H2,(H,23,24). The molecule has 0 saturated heterocycles. The van der Waals surface area contributed by atoms with Crippen molar-refractivity contribution in [2.45, 2.75) is 18.7 Å². The molecule has 0 aliphatic carbocycles. The zero-order chi connectivity index (χ0) is 19.6. The number of amides is 1. The van der Waals surface area contributed by atoms with E-state index in [1.54, 1.807) is 24.3 Å². The highest BCUT2D eigenvalue weighted by Gasteiger charge is 2.32. The maximum atomic E-state index is 12.5. The second-order valence-electron chi connectivity index (χ2n) is 5.79. The summed E-state index contributed by atoms with van der Waals surface area (Å²) in [5.41, 5.74) is 0.971. The van der Waals surface area contributed by atoms with E-state index in [1.807, 2.05) is 0 Å². The highest BCUT2D eigenvalue weighted by Crippen LogP contribution is 2.30. The van der Waals surface area contributed by atoms with Gasteiger partial charge in [-0.15, -0.1) is 0 Å². The number of alkyl halides is 3. The minimum absolute atomic E-state index is 0.0494. The van der Waals surface area contributed by atoms with E-state index in [1.165, 1.54) is 18.2 Å². The molecule has 9 heteroatoms. The van der Waals surface area contributed by atoms with Crippen molar-refractivity contribution >= 4 is 29.2 Å². The molecule has 0 spiro atoms. The van der Waals surface area contributed by atoms with Gasteiger partial charge in [0.25, 0.3) is 5.91 Å². The van der Waals surface area contributed by atoms with Crippen LogP contribution in [-0.2, 0) is 16.0 Å². The third-order valence-corrected chi connectivity index (χ3v) is 4.01. The van der Waals surface area contributed by atoms with Gasteiger partial charge in [0, 0.05) is 11.4 Å². The number of fused-ring (bicyclic) bond motifs is 1. The molecule has 2 aromatic carbocycles. The summed E-state index contributed by atoms with van der Waals surface area (Å²) in [5, 5.41) is 2.61. The lowest BCUT2D eigenvalue weighted by atomic mass is 9.98. The van der Waals surface area contributed by atoms with Gasteiger partial charge in [-0.25, -0.2) is 4.79 Å². The molecule has 0 aromatic heterocycles. The van der Waals surface area contributed by atoms with Gasteiger partial charge in [-0.3, -0.25) is 4.79 Å². The molecule has 1 aliphatic rings. The first kappa shape index (κ1) is 19.0. The third kappa shape index (κ3) is 4.71. The number of rotatable bonds is 4. The average molecular weight is 400 g/mol. The van der Waals surface area contributed by atoms with Gasteiger partial charge >= 0.3 is 12.1 Å². The van der Waals surface area contributed by atoms with Crippen LogP contribution in [0.25, 0.3) is 0 Å². The molecule has 1 unspecified atom stereocenters. The Labute approximate surface area is 157 Å². The van der Waals surface area contributed by atoms with E-state index in [2.05, 4.69) is 5.32 Å². The van der Waals surface area contributed by atoms with Crippen LogP contribution in [0.4, 0.5) is 18.9 Å². The molecule has 1 N–H and O–H groups in total. The number of cyclic esters (lactones) is 1. The average Bonchev–Trinajstić information content (AvgIpc) is 2.60. The summed E-state index contributed by atoms with van der Waals surface area (Å²) in [7, 11) is 0. The van der Waals surface area contributed by atoms with Crippen molar-refractivity contribution in [3.05, 3.63) is 58.6 Å². The van der Waals surface area contributed by atoms with E-state index in [9.17, 15) is 22.8 Å². The summed E-state index contributed by atoms with van der Waals surface area (Å²) >= 11 is 5.85. The van der Waals surface area contributed by atoms with Crippen molar-refractivity contribution in [1.29, 1.82) is 0 Å². The highest BCUT2D eigenvalue weighted by molar-refractivity contribution is 6.31. The molecule has 1 atom stereocenters. The summed E-state index contributed by atoms with van der Waals surface area (Å²) < 4.78 is 47.0. The molecule has 27 heavy (non-hydrogen) atoms. The fraction of sp³-hybridized carbons (Fsp3) is 0.222. The Morgan fingerprint density at radius 3 is 2.74 bits per heavy atom. The monoisotopic (exact) mass is 399 g/mol. The van der Waals surface area contributed by atoms with Gasteiger partial charge in [0.2, 0.25) is 0 Å². The SMILES string of the molecule is O=C1OC(C(=O)Nc2cc(Cl)ccc2OCC(F)(F)F)Cc2ccccc21. The van der Waals surface area contributed by atoms with Crippen LogP contribution in [-0.4, -0.2) is 30.8 Å². The molecule has 1 aliphatic heterocycles. The van der Waals surface area contributed by atoms with Crippen LogP contribution in [0.2, 0.25) is 5.02 Å². The number of benzene rings is 2. The number of halogens is 4. The van der Waals surface area contributed by atoms with E-state index in [4.69, 9.17) is 21.1 Å². The fourth-order valence-corrected chi connectivity index (χ4v) is 2.75. The van der Waals surface area contributed by atoms with Gasteiger partial charge in [-0.05, 0) is 29.8 Å². The van der Waals surface area contributed by atoms with Crippen LogP contribution >= 0.6 is 11.6 Å². The molecule has 0 saturated carbocycles. The van der Waals surface area contributed by atoms with Crippen molar-refractivity contribution in [3.63, 3.8) is 0 Å². The maximum absolute atomic E-state index is 12.5. The van der Waals surface area contributed by atoms with E-state index in [0.717, 1.165) is 0 Å². The van der Waals surface area contributed by atoms with Gasteiger partial charge in [0.15, 0.2) is 12.7 Å². The molecule has 2 aromatic rings. The predicted molar refractivity (Wildman–Crippen MR) is 91.0 cm³/mol. The zero-order valence-corrected chi connectivity index (χ0v) is 14.4. The lowest BCUT2D eigenvalue weighted by molar-refractivity contribution is -0.153. The Balaban J connectivity index is 1.76. The molecule has 1 heterocycles. The van der Waals surface area contributed by atoms with Crippen LogP contribution in [0.3, 0.4) is 0 Å². The molecule has 0 radical (unpaired) electrons. The zero-order valence-electron chi connectivity index (χ0n) is 13.7. The molecule has 5 nitrogen and oxygen atoms in total. The van der Waals surface area contributed by atoms with E-state index >= 15 is 0 Å². The van der Waals surface area contributed by atoms with E-state index < -0.39 is 30.8 Å². The van der Waals surface area contributed by atoms with Gasteiger partial charge in [0.1, 0.15) is 5.75 Å².